The molecule has 3 nitrogen and oxygen atoms in total. The minimum atomic E-state index is 0.750. The normalized spacial score (nSPS) is 10.6. The van der Waals surface area contributed by atoms with E-state index in [-0.39, 0.29) is 0 Å². The van der Waals surface area contributed by atoms with Crippen LogP contribution in [-0.2, 0) is 13.0 Å². The Morgan fingerprint density at radius 3 is 2.92 bits per heavy atom. The average molecular weight is 167 g/mol. The summed E-state index contributed by atoms with van der Waals surface area (Å²) in [5, 5.41) is 0. The maximum atomic E-state index is 5.44. The molecule has 1 aromatic heterocycles. The quantitative estimate of drug-likeness (QED) is 0.730. The van der Waals surface area contributed by atoms with Gasteiger partial charge in [0.1, 0.15) is 0 Å². The summed E-state index contributed by atoms with van der Waals surface area (Å²) in [5.41, 5.74) is 7.93. The molecule has 1 aromatic rings. The van der Waals surface area contributed by atoms with Crippen molar-refractivity contribution in [3.8, 4) is 0 Å². The van der Waals surface area contributed by atoms with E-state index in [0.29, 0.717) is 0 Å². The van der Waals surface area contributed by atoms with Crippen LogP contribution >= 0.6 is 0 Å². The van der Waals surface area contributed by atoms with Crippen LogP contribution in [0.2, 0.25) is 0 Å². The van der Waals surface area contributed by atoms with Crippen molar-refractivity contribution in [2.45, 2.75) is 33.2 Å². The third-order valence-electron chi connectivity index (χ3n) is 2.09. The molecular weight excluding hydrogens is 150 g/mol. The molecule has 0 aliphatic heterocycles. The van der Waals surface area contributed by atoms with Crippen molar-refractivity contribution in [1.82, 2.24) is 9.55 Å². The highest BCUT2D eigenvalue weighted by Gasteiger charge is 2.03. The van der Waals surface area contributed by atoms with Crippen LogP contribution in [0.25, 0.3) is 0 Å². The lowest BCUT2D eigenvalue weighted by Crippen LogP contribution is -2.07. The zero-order chi connectivity index (χ0) is 8.97. The largest absolute Gasteiger partial charge is 0.334 e. The number of aromatic nitrogens is 2. The number of hydrogen-bond donors (Lipinski definition) is 1. The molecule has 0 aliphatic carbocycles. The van der Waals surface area contributed by atoms with Crippen molar-refractivity contribution in [2.24, 2.45) is 5.73 Å². The van der Waals surface area contributed by atoms with E-state index in [9.17, 15) is 0 Å². The summed E-state index contributed by atoms with van der Waals surface area (Å²) in [4.78, 5) is 4.26. The monoisotopic (exact) mass is 167 g/mol. The predicted molar refractivity (Wildman–Crippen MR) is 50.0 cm³/mol. The Balaban J connectivity index is 2.70. The van der Waals surface area contributed by atoms with Gasteiger partial charge >= 0.3 is 0 Å². The van der Waals surface area contributed by atoms with Crippen molar-refractivity contribution in [2.75, 3.05) is 6.54 Å². The molecule has 1 rings (SSSR count). The highest BCUT2D eigenvalue weighted by atomic mass is 15.1. The van der Waals surface area contributed by atoms with Gasteiger partial charge in [-0.3, -0.25) is 0 Å². The molecule has 2 N–H and O–H groups in total. The highest BCUT2D eigenvalue weighted by molar-refractivity contribution is 5.10. The molecule has 0 saturated carbocycles. The Morgan fingerprint density at radius 2 is 2.33 bits per heavy atom. The molecule has 0 aliphatic rings. The van der Waals surface area contributed by atoms with Crippen LogP contribution in [0.5, 0.6) is 0 Å². The summed E-state index contributed by atoms with van der Waals surface area (Å²) < 4.78 is 2.20. The fourth-order valence-corrected chi connectivity index (χ4v) is 1.42. The lowest BCUT2D eigenvalue weighted by Gasteiger charge is -2.05. The lowest BCUT2D eigenvalue weighted by atomic mass is 10.3. The molecule has 0 unspecified atom stereocenters. The van der Waals surface area contributed by atoms with Crippen LogP contribution in [0.4, 0.5) is 0 Å². The summed E-state index contributed by atoms with van der Waals surface area (Å²) >= 11 is 0. The zero-order valence-corrected chi connectivity index (χ0v) is 7.88. The second-order valence-electron chi connectivity index (χ2n) is 2.97. The third kappa shape index (κ3) is 1.85. The van der Waals surface area contributed by atoms with Gasteiger partial charge in [-0.2, -0.15) is 0 Å². The number of hydrogen-bond acceptors (Lipinski definition) is 2. The summed E-state index contributed by atoms with van der Waals surface area (Å²) in [6.07, 6.45) is 3.99. The molecule has 0 fully saturated rings. The van der Waals surface area contributed by atoms with E-state index < -0.39 is 0 Å². The van der Waals surface area contributed by atoms with Crippen molar-refractivity contribution < 1.29 is 0 Å². The Hall–Kier alpha value is -0.830. The Kier molecular flexibility index (Phi) is 3.29. The van der Waals surface area contributed by atoms with E-state index >= 15 is 0 Å². The van der Waals surface area contributed by atoms with Gasteiger partial charge in [-0.25, -0.2) is 4.98 Å². The first-order chi connectivity index (χ1) is 5.79. The zero-order valence-electron chi connectivity index (χ0n) is 7.88. The lowest BCUT2D eigenvalue weighted by molar-refractivity contribution is 0.625. The highest BCUT2D eigenvalue weighted by Crippen LogP contribution is 2.07. The van der Waals surface area contributed by atoms with E-state index in [1.54, 1.807) is 0 Å². The maximum Gasteiger partial charge on any atom is 0.0951 e. The van der Waals surface area contributed by atoms with Gasteiger partial charge in [-0.15, -0.1) is 0 Å². The molecule has 0 spiro atoms. The molecule has 68 valence electrons. The van der Waals surface area contributed by atoms with Crippen molar-refractivity contribution in [3.63, 3.8) is 0 Å². The van der Waals surface area contributed by atoms with Gasteiger partial charge in [-0.05, 0) is 26.3 Å². The van der Waals surface area contributed by atoms with Crippen molar-refractivity contribution in [3.05, 3.63) is 17.7 Å². The van der Waals surface area contributed by atoms with Crippen LogP contribution in [0.3, 0.4) is 0 Å². The van der Waals surface area contributed by atoms with Crippen LogP contribution in [0, 0.1) is 6.92 Å². The standard InChI is InChI=1S/C9H17N3/c1-3-9-8(2)11-7-12(9)6-4-5-10/h7H,3-6,10H2,1-2H3. The molecule has 0 bridgehead atoms. The molecule has 0 saturated heterocycles. The van der Waals surface area contributed by atoms with E-state index in [0.717, 1.165) is 31.6 Å². The molecule has 1 heterocycles. The van der Waals surface area contributed by atoms with E-state index in [2.05, 4.69) is 23.4 Å². The molecule has 0 amide bonds. The number of aryl methyl sites for hydroxylation is 2. The van der Waals surface area contributed by atoms with Crippen molar-refractivity contribution in [1.29, 1.82) is 0 Å². The average Bonchev–Trinajstić information content (AvgIpc) is 2.43. The molecule has 0 aromatic carbocycles. The van der Waals surface area contributed by atoms with Gasteiger partial charge in [0, 0.05) is 12.2 Å². The fraction of sp³-hybridized carbons (Fsp3) is 0.667. The summed E-state index contributed by atoms with van der Waals surface area (Å²) in [5.74, 6) is 0. The number of nitrogens with zero attached hydrogens (tertiary/aromatic N) is 2. The minimum Gasteiger partial charge on any atom is -0.334 e. The third-order valence-corrected chi connectivity index (χ3v) is 2.09. The van der Waals surface area contributed by atoms with Gasteiger partial charge in [-0.1, -0.05) is 6.92 Å². The van der Waals surface area contributed by atoms with Gasteiger partial charge in [0.2, 0.25) is 0 Å². The van der Waals surface area contributed by atoms with E-state index in [4.69, 9.17) is 5.73 Å². The topological polar surface area (TPSA) is 43.8 Å². The maximum absolute atomic E-state index is 5.44. The molecule has 0 radical (unpaired) electrons. The van der Waals surface area contributed by atoms with Gasteiger partial charge in [0.05, 0.1) is 12.0 Å². The molecule has 0 atom stereocenters. The molecular formula is C9H17N3. The Bertz CT molecular complexity index is 240. The van der Waals surface area contributed by atoms with Crippen LogP contribution in [0.15, 0.2) is 6.33 Å². The predicted octanol–water partition coefficient (Wildman–Crippen LogP) is 1.10. The van der Waals surface area contributed by atoms with E-state index in [1.165, 1.54) is 5.69 Å². The molecule has 3 heteroatoms. The minimum absolute atomic E-state index is 0.750. The first kappa shape index (κ1) is 9.26. The van der Waals surface area contributed by atoms with Crippen LogP contribution in [-0.4, -0.2) is 16.1 Å². The van der Waals surface area contributed by atoms with Crippen molar-refractivity contribution >= 4 is 0 Å². The van der Waals surface area contributed by atoms with Gasteiger partial charge in [0.25, 0.3) is 0 Å². The molecule has 12 heavy (non-hydrogen) atoms. The fourth-order valence-electron chi connectivity index (χ4n) is 1.42. The van der Waals surface area contributed by atoms with E-state index in [1.807, 2.05) is 6.33 Å². The Labute approximate surface area is 73.6 Å². The van der Waals surface area contributed by atoms with Gasteiger partial charge < -0.3 is 10.3 Å². The summed E-state index contributed by atoms with van der Waals surface area (Å²) in [7, 11) is 0. The first-order valence-corrected chi connectivity index (χ1v) is 4.50. The summed E-state index contributed by atoms with van der Waals surface area (Å²) in [6, 6.07) is 0. The summed E-state index contributed by atoms with van der Waals surface area (Å²) in [6.45, 7) is 5.96. The van der Waals surface area contributed by atoms with Crippen LogP contribution < -0.4 is 5.73 Å². The number of rotatable bonds is 4. The van der Waals surface area contributed by atoms with Gasteiger partial charge in [0.15, 0.2) is 0 Å². The van der Waals surface area contributed by atoms with Crippen LogP contribution in [0.1, 0.15) is 24.7 Å². The second-order valence-corrected chi connectivity index (χ2v) is 2.97. The smallest absolute Gasteiger partial charge is 0.0951 e. The second kappa shape index (κ2) is 4.26. The Morgan fingerprint density at radius 1 is 1.58 bits per heavy atom. The SMILES string of the molecule is CCc1c(C)ncn1CCCN. The number of imidazole rings is 1. The number of nitrogens with two attached hydrogens (primary N) is 1. The first-order valence-electron chi connectivity index (χ1n) is 4.50.